The van der Waals surface area contributed by atoms with E-state index in [1.807, 2.05) is 0 Å². The van der Waals surface area contributed by atoms with Crippen molar-refractivity contribution in [1.82, 2.24) is 0 Å². The summed E-state index contributed by atoms with van der Waals surface area (Å²) < 4.78 is 0. The van der Waals surface area contributed by atoms with Gasteiger partial charge in [0.1, 0.15) is 0 Å². The molecule has 0 saturated heterocycles. The van der Waals surface area contributed by atoms with E-state index in [-0.39, 0.29) is 6.61 Å². The molecule has 0 bridgehead atoms. The highest BCUT2D eigenvalue weighted by Crippen LogP contribution is 1.90. The van der Waals surface area contributed by atoms with E-state index < -0.39 is 0 Å². The lowest BCUT2D eigenvalue weighted by Gasteiger charge is -1.82. The van der Waals surface area contributed by atoms with Crippen molar-refractivity contribution in [1.29, 1.82) is 0 Å². The van der Waals surface area contributed by atoms with Gasteiger partial charge in [-0.25, -0.2) is 0 Å². The Balaban J connectivity index is 3.45. The molecule has 0 spiro atoms. The molecule has 0 amide bonds. The Hall–Kier alpha value is -1.36. The summed E-state index contributed by atoms with van der Waals surface area (Å²) >= 11 is 0. The third-order valence-corrected chi connectivity index (χ3v) is 1.62. The Labute approximate surface area is 93.3 Å². The fourth-order valence-electron chi connectivity index (χ4n) is 0.836. The molecule has 0 aromatic heterocycles. The van der Waals surface area contributed by atoms with Gasteiger partial charge in [0.05, 0.1) is 19.4 Å². The Bertz CT molecular complexity index is 308. The zero-order valence-electron chi connectivity index (χ0n) is 9.40. The zero-order chi connectivity index (χ0) is 11.2. The predicted octanol–water partition coefficient (Wildman–Crippen LogP) is 2.35. The summed E-state index contributed by atoms with van der Waals surface area (Å²) in [6.07, 6.45) is 5.11. The van der Waals surface area contributed by atoms with Gasteiger partial charge >= 0.3 is 0 Å². The van der Waals surface area contributed by atoms with Crippen molar-refractivity contribution in [2.24, 2.45) is 0 Å². The molecule has 0 fully saturated rings. The van der Waals surface area contributed by atoms with E-state index in [9.17, 15) is 0 Å². The number of hydrogen-bond acceptors (Lipinski definition) is 1. The van der Waals surface area contributed by atoms with E-state index in [1.165, 1.54) is 12.8 Å². The minimum Gasteiger partial charge on any atom is -0.395 e. The van der Waals surface area contributed by atoms with E-state index in [1.54, 1.807) is 0 Å². The second-order valence-electron chi connectivity index (χ2n) is 2.99. The SMILES string of the molecule is CCCCC#CCC#CCC#CCCO. The molecule has 0 atom stereocenters. The standard InChI is InChI=1S/C14H18O/c1-2-3-4-5-6-7-8-9-10-11-12-13-14-15/h15H,2-4,7,10,13-14H2,1H3. The van der Waals surface area contributed by atoms with Crippen LogP contribution in [0.3, 0.4) is 0 Å². The summed E-state index contributed by atoms with van der Waals surface area (Å²) in [5, 5.41) is 8.45. The molecule has 1 heteroatoms. The number of unbranched alkanes of at least 4 members (excludes halogenated alkanes) is 2. The van der Waals surface area contributed by atoms with Gasteiger partial charge in [0.15, 0.2) is 0 Å². The first-order chi connectivity index (χ1) is 7.41. The molecule has 80 valence electrons. The first-order valence-corrected chi connectivity index (χ1v) is 5.39. The van der Waals surface area contributed by atoms with Gasteiger partial charge in [0, 0.05) is 12.8 Å². The molecule has 0 aromatic carbocycles. The Morgan fingerprint density at radius 1 is 0.800 bits per heavy atom. The lowest BCUT2D eigenvalue weighted by Crippen LogP contribution is -1.75. The molecular weight excluding hydrogens is 184 g/mol. The maximum atomic E-state index is 8.45. The number of rotatable bonds is 3. The highest BCUT2D eigenvalue weighted by atomic mass is 16.2. The van der Waals surface area contributed by atoms with Crippen molar-refractivity contribution >= 4 is 0 Å². The topological polar surface area (TPSA) is 20.2 Å². The van der Waals surface area contributed by atoms with Crippen LogP contribution in [0, 0.1) is 35.5 Å². The number of hydrogen-bond donors (Lipinski definition) is 1. The van der Waals surface area contributed by atoms with E-state index in [4.69, 9.17) is 5.11 Å². The van der Waals surface area contributed by atoms with Crippen molar-refractivity contribution in [3.8, 4) is 35.5 Å². The maximum Gasteiger partial charge on any atom is 0.0703 e. The fourth-order valence-corrected chi connectivity index (χ4v) is 0.836. The third-order valence-electron chi connectivity index (χ3n) is 1.62. The second kappa shape index (κ2) is 12.6. The third kappa shape index (κ3) is 12.6. The molecule has 0 unspecified atom stereocenters. The lowest BCUT2D eigenvalue weighted by atomic mass is 10.2. The minimum absolute atomic E-state index is 0.128. The van der Waals surface area contributed by atoms with Crippen LogP contribution in [-0.2, 0) is 0 Å². The molecule has 0 heterocycles. The van der Waals surface area contributed by atoms with Crippen LogP contribution in [0.1, 0.15) is 45.4 Å². The predicted molar refractivity (Wildman–Crippen MR) is 63.8 cm³/mol. The van der Waals surface area contributed by atoms with Crippen LogP contribution < -0.4 is 0 Å². The highest BCUT2D eigenvalue weighted by molar-refractivity contribution is 5.16. The molecule has 1 N–H and O–H groups in total. The lowest BCUT2D eigenvalue weighted by molar-refractivity contribution is 0.305. The van der Waals surface area contributed by atoms with Crippen molar-refractivity contribution in [2.45, 2.75) is 45.4 Å². The van der Waals surface area contributed by atoms with Crippen LogP contribution in [-0.4, -0.2) is 11.7 Å². The Morgan fingerprint density at radius 2 is 1.33 bits per heavy atom. The maximum absolute atomic E-state index is 8.45. The van der Waals surface area contributed by atoms with Crippen molar-refractivity contribution in [2.75, 3.05) is 6.61 Å². The summed E-state index contributed by atoms with van der Waals surface area (Å²) in [7, 11) is 0. The van der Waals surface area contributed by atoms with Crippen LogP contribution in [0.4, 0.5) is 0 Å². The van der Waals surface area contributed by atoms with Gasteiger partial charge < -0.3 is 5.11 Å². The summed E-state index contributed by atoms with van der Waals surface area (Å²) in [4.78, 5) is 0. The molecular formula is C14H18O. The van der Waals surface area contributed by atoms with Crippen LogP contribution in [0.15, 0.2) is 0 Å². The fraction of sp³-hybridized carbons (Fsp3) is 0.571. The Kier molecular flexibility index (Phi) is 11.5. The van der Waals surface area contributed by atoms with Crippen LogP contribution in [0.2, 0.25) is 0 Å². The van der Waals surface area contributed by atoms with E-state index >= 15 is 0 Å². The monoisotopic (exact) mass is 202 g/mol. The number of aliphatic hydroxyl groups excluding tert-OH is 1. The largest absolute Gasteiger partial charge is 0.395 e. The zero-order valence-corrected chi connectivity index (χ0v) is 9.40. The average Bonchev–Trinajstić information content (AvgIpc) is 2.26. The summed E-state index contributed by atoms with van der Waals surface area (Å²) in [5.74, 6) is 17.6. The van der Waals surface area contributed by atoms with Gasteiger partial charge in [-0.15, -0.1) is 5.92 Å². The van der Waals surface area contributed by atoms with E-state index in [2.05, 4.69) is 42.4 Å². The highest BCUT2D eigenvalue weighted by Gasteiger charge is 1.75. The molecule has 15 heavy (non-hydrogen) atoms. The van der Waals surface area contributed by atoms with Gasteiger partial charge in [-0.3, -0.25) is 0 Å². The van der Waals surface area contributed by atoms with Gasteiger partial charge in [0.2, 0.25) is 0 Å². The van der Waals surface area contributed by atoms with Crippen molar-refractivity contribution in [3.05, 3.63) is 0 Å². The van der Waals surface area contributed by atoms with E-state index in [0.29, 0.717) is 19.3 Å². The molecule has 0 aliphatic rings. The summed E-state index contributed by atoms with van der Waals surface area (Å²) in [5.41, 5.74) is 0. The van der Waals surface area contributed by atoms with E-state index in [0.717, 1.165) is 6.42 Å². The quantitative estimate of drug-likeness (QED) is 0.550. The average molecular weight is 202 g/mol. The second-order valence-corrected chi connectivity index (χ2v) is 2.99. The normalized spacial score (nSPS) is 7.60. The Morgan fingerprint density at radius 3 is 1.87 bits per heavy atom. The van der Waals surface area contributed by atoms with Crippen LogP contribution in [0.5, 0.6) is 0 Å². The molecule has 0 aliphatic heterocycles. The van der Waals surface area contributed by atoms with Crippen LogP contribution >= 0.6 is 0 Å². The molecule has 1 nitrogen and oxygen atoms in total. The first-order valence-electron chi connectivity index (χ1n) is 5.39. The summed E-state index contributed by atoms with van der Waals surface area (Å²) in [6.45, 7) is 2.29. The van der Waals surface area contributed by atoms with Gasteiger partial charge in [-0.05, 0) is 6.42 Å². The summed E-state index contributed by atoms with van der Waals surface area (Å²) in [6, 6.07) is 0. The van der Waals surface area contributed by atoms with Gasteiger partial charge in [-0.1, -0.05) is 42.9 Å². The molecule has 0 rings (SSSR count). The molecule has 0 radical (unpaired) electrons. The smallest absolute Gasteiger partial charge is 0.0703 e. The van der Waals surface area contributed by atoms with Crippen molar-refractivity contribution < 1.29 is 5.11 Å². The molecule has 0 aromatic rings. The number of aliphatic hydroxyl groups is 1. The first kappa shape index (κ1) is 13.6. The molecule has 0 aliphatic carbocycles. The minimum atomic E-state index is 0.128. The van der Waals surface area contributed by atoms with Gasteiger partial charge in [-0.2, -0.15) is 0 Å². The van der Waals surface area contributed by atoms with Gasteiger partial charge in [0.25, 0.3) is 0 Å². The van der Waals surface area contributed by atoms with Crippen LogP contribution in [0.25, 0.3) is 0 Å². The van der Waals surface area contributed by atoms with Crippen molar-refractivity contribution in [3.63, 3.8) is 0 Å². The molecule has 0 saturated carbocycles.